The van der Waals surface area contributed by atoms with Crippen molar-refractivity contribution < 1.29 is 19.2 Å². The molecular formula is C20H27N3O5. The van der Waals surface area contributed by atoms with Crippen LogP contribution >= 0.6 is 0 Å². The van der Waals surface area contributed by atoms with Gasteiger partial charge in [-0.3, -0.25) is 14.9 Å². The molecule has 1 aromatic rings. The van der Waals surface area contributed by atoms with E-state index in [0.29, 0.717) is 18.2 Å². The minimum absolute atomic E-state index is 0.0844. The molecule has 0 N–H and O–H groups in total. The number of amides is 1. The molecule has 1 saturated heterocycles. The van der Waals surface area contributed by atoms with Crippen LogP contribution in [0.1, 0.15) is 48.9 Å². The molecule has 28 heavy (non-hydrogen) atoms. The predicted octanol–water partition coefficient (Wildman–Crippen LogP) is 3.00. The summed E-state index contributed by atoms with van der Waals surface area (Å²) in [5.41, 5.74) is 0.402. The van der Waals surface area contributed by atoms with Gasteiger partial charge in [-0.05, 0) is 37.7 Å². The van der Waals surface area contributed by atoms with E-state index >= 15 is 0 Å². The average Bonchev–Trinajstić information content (AvgIpc) is 2.70. The van der Waals surface area contributed by atoms with Crippen molar-refractivity contribution in [3.63, 3.8) is 0 Å². The number of carbonyl (C=O) groups is 2. The Kier molecular flexibility index (Phi) is 6.16. The number of fused-ring (bicyclic) bond motifs is 1. The number of esters is 1. The van der Waals surface area contributed by atoms with Gasteiger partial charge in [0.25, 0.3) is 11.6 Å². The minimum atomic E-state index is -0.724. The summed E-state index contributed by atoms with van der Waals surface area (Å²) in [7, 11) is 3.47. The molecule has 2 fully saturated rings. The highest BCUT2D eigenvalue weighted by atomic mass is 16.6. The molecule has 2 aliphatic rings. The van der Waals surface area contributed by atoms with E-state index in [4.69, 9.17) is 4.74 Å². The lowest BCUT2D eigenvalue weighted by Crippen LogP contribution is -2.50. The van der Waals surface area contributed by atoms with E-state index in [-0.39, 0.29) is 29.8 Å². The lowest BCUT2D eigenvalue weighted by molar-refractivity contribution is -0.384. The summed E-state index contributed by atoms with van der Waals surface area (Å²) in [5, 5.41) is 11.0. The van der Waals surface area contributed by atoms with Crippen molar-refractivity contribution in [2.75, 3.05) is 32.1 Å². The molecule has 0 bridgehead atoms. The zero-order valence-electron chi connectivity index (χ0n) is 16.4. The summed E-state index contributed by atoms with van der Waals surface area (Å²) in [4.78, 5) is 39.3. The number of non-ortho nitro benzene ring substituents is 1. The van der Waals surface area contributed by atoms with Crippen molar-refractivity contribution in [3.05, 3.63) is 33.9 Å². The fourth-order valence-corrected chi connectivity index (χ4v) is 4.41. The molecule has 1 aliphatic heterocycles. The first kappa shape index (κ1) is 20.1. The second-order valence-electron chi connectivity index (χ2n) is 7.77. The molecule has 0 unspecified atom stereocenters. The van der Waals surface area contributed by atoms with E-state index in [0.717, 1.165) is 32.1 Å². The standard InChI is InChI=1S/C20H27N3O5/c1-21(2)18-10-9-15(23(26)27)12-16(18)20(25)28-13-19(24)22-11-5-7-14-6-3-4-8-17(14)22/h9-10,12,14,17H,3-8,11,13H2,1-2H3/t14-,17+/m0/s1. The van der Waals surface area contributed by atoms with E-state index in [2.05, 4.69) is 0 Å². The maximum absolute atomic E-state index is 12.7. The quantitative estimate of drug-likeness (QED) is 0.437. The third kappa shape index (κ3) is 4.26. The van der Waals surface area contributed by atoms with Crippen LogP contribution in [0.4, 0.5) is 11.4 Å². The summed E-state index contributed by atoms with van der Waals surface area (Å²) >= 11 is 0. The van der Waals surface area contributed by atoms with Gasteiger partial charge in [0, 0.05) is 38.8 Å². The Morgan fingerprint density at radius 1 is 1.21 bits per heavy atom. The Labute approximate surface area is 164 Å². The summed E-state index contributed by atoms with van der Waals surface area (Å²) in [6.45, 7) is 0.370. The Morgan fingerprint density at radius 2 is 1.93 bits per heavy atom. The fourth-order valence-electron chi connectivity index (χ4n) is 4.41. The van der Waals surface area contributed by atoms with Gasteiger partial charge in [0.2, 0.25) is 0 Å². The second-order valence-corrected chi connectivity index (χ2v) is 7.77. The van der Waals surface area contributed by atoms with Crippen LogP contribution in [0.2, 0.25) is 0 Å². The number of hydrogen-bond acceptors (Lipinski definition) is 6. The Balaban J connectivity index is 1.68. The van der Waals surface area contributed by atoms with Gasteiger partial charge in [-0.15, -0.1) is 0 Å². The van der Waals surface area contributed by atoms with Crippen molar-refractivity contribution in [1.29, 1.82) is 0 Å². The normalized spacial score (nSPS) is 21.6. The number of likely N-dealkylation sites (tertiary alicyclic amines) is 1. The number of hydrogen-bond donors (Lipinski definition) is 0. The highest BCUT2D eigenvalue weighted by molar-refractivity contribution is 5.97. The van der Waals surface area contributed by atoms with Crippen LogP contribution in [0.15, 0.2) is 18.2 Å². The lowest BCUT2D eigenvalue weighted by atomic mass is 9.78. The van der Waals surface area contributed by atoms with Gasteiger partial charge in [0.05, 0.1) is 16.2 Å². The summed E-state index contributed by atoms with van der Waals surface area (Å²) in [5.74, 6) is -0.348. The maximum atomic E-state index is 12.7. The summed E-state index contributed by atoms with van der Waals surface area (Å²) < 4.78 is 5.27. The predicted molar refractivity (Wildman–Crippen MR) is 104 cm³/mol. The SMILES string of the molecule is CN(C)c1ccc([N+](=O)[O-])cc1C(=O)OCC(=O)N1CCC[C@@H]2CCCC[C@H]21. The van der Waals surface area contributed by atoms with E-state index in [1.807, 2.05) is 4.90 Å². The molecule has 8 heteroatoms. The van der Waals surface area contributed by atoms with Crippen molar-refractivity contribution >= 4 is 23.3 Å². The van der Waals surface area contributed by atoms with Crippen LogP contribution < -0.4 is 4.90 Å². The Bertz CT molecular complexity index is 762. The Morgan fingerprint density at radius 3 is 2.64 bits per heavy atom. The molecule has 1 heterocycles. The van der Waals surface area contributed by atoms with Crippen LogP contribution in [-0.4, -0.2) is 55.0 Å². The zero-order chi connectivity index (χ0) is 20.3. The zero-order valence-corrected chi connectivity index (χ0v) is 16.4. The third-order valence-electron chi connectivity index (χ3n) is 5.78. The average molecular weight is 389 g/mol. The van der Waals surface area contributed by atoms with E-state index in [9.17, 15) is 19.7 Å². The van der Waals surface area contributed by atoms with Crippen molar-refractivity contribution in [2.45, 2.75) is 44.6 Å². The van der Waals surface area contributed by atoms with Crippen LogP contribution in [0.25, 0.3) is 0 Å². The molecule has 3 rings (SSSR count). The van der Waals surface area contributed by atoms with Crippen LogP contribution in [0.5, 0.6) is 0 Å². The smallest absolute Gasteiger partial charge is 0.341 e. The van der Waals surface area contributed by atoms with Gasteiger partial charge < -0.3 is 14.5 Å². The Hall–Kier alpha value is -2.64. The van der Waals surface area contributed by atoms with E-state index in [1.54, 1.807) is 19.0 Å². The number of carbonyl (C=O) groups excluding carboxylic acids is 2. The summed E-state index contributed by atoms with van der Waals surface area (Å²) in [6, 6.07) is 4.30. The molecule has 8 nitrogen and oxygen atoms in total. The van der Waals surface area contributed by atoms with Gasteiger partial charge in [-0.2, -0.15) is 0 Å². The number of nitro benzene ring substituents is 1. The van der Waals surface area contributed by atoms with Gasteiger partial charge >= 0.3 is 5.97 Å². The number of anilines is 1. The molecule has 1 amide bonds. The highest BCUT2D eigenvalue weighted by Gasteiger charge is 2.36. The second kappa shape index (κ2) is 8.58. The van der Waals surface area contributed by atoms with Gasteiger partial charge in [-0.25, -0.2) is 4.79 Å². The molecule has 2 atom stereocenters. The number of ether oxygens (including phenoxy) is 1. The number of piperidine rings is 1. The van der Waals surface area contributed by atoms with Crippen LogP contribution in [0.3, 0.4) is 0 Å². The first-order valence-corrected chi connectivity index (χ1v) is 9.81. The van der Waals surface area contributed by atoms with Crippen LogP contribution in [-0.2, 0) is 9.53 Å². The highest BCUT2D eigenvalue weighted by Crippen LogP contribution is 2.35. The van der Waals surface area contributed by atoms with Gasteiger partial charge in [0.15, 0.2) is 6.61 Å². The number of rotatable bonds is 5. The number of nitrogens with zero attached hydrogens (tertiary/aromatic N) is 3. The molecular weight excluding hydrogens is 362 g/mol. The lowest BCUT2D eigenvalue weighted by Gasteiger charge is -2.44. The number of nitro groups is 1. The topological polar surface area (TPSA) is 93.0 Å². The molecule has 1 aromatic carbocycles. The molecule has 0 radical (unpaired) electrons. The van der Waals surface area contributed by atoms with Crippen molar-refractivity contribution in [3.8, 4) is 0 Å². The first-order chi connectivity index (χ1) is 13.4. The number of benzene rings is 1. The van der Waals surface area contributed by atoms with E-state index < -0.39 is 10.9 Å². The van der Waals surface area contributed by atoms with Crippen molar-refractivity contribution in [2.24, 2.45) is 5.92 Å². The molecule has 0 aromatic heterocycles. The van der Waals surface area contributed by atoms with E-state index in [1.165, 1.54) is 24.6 Å². The summed E-state index contributed by atoms with van der Waals surface area (Å²) in [6.07, 6.45) is 6.67. The van der Waals surface area contributed by atoms with Crippen LogP contribution in [0, 0.1) is 16.0 Å². The molecule has 0 spiro atoms. The molecule has 1 aliphatic carbocycles. The van der Waals surface area contributed by atoms with Gasteiger partial charge in [-0.1, -0.05) is 12.8 Å². The molecule has 1 saturated carbocycles. The largest absolute Gasteiger partial charge is 0.452 e. The van der Waals surface area contributed by atoms with Gasteiger partial charge in [0.1, 0.15) is 0 Å². The fraction of sp³-hybridized carbons (Fsp3) is 0.600. The monoisotopic (exact) mass is 389 g/mol. The first-order valence-electron chi connectivity index (χ1n) is 9.81. The molecule has 152 valence electrons. The third-order valence-corrected chi connectivity index (χ3v) is 5.78. The maximum Gasteiger partial charge on any atom is 0.341 e. The van der Waals surface area contributed by atoms with Crippen molar-refractivity contribution in [1.82, 2.24) is 4.90 Å². The minimum Gasteiger partial charge on any atom is -0.452 e.